The molecule has 12 heavy (non-hydrogen) atoms. The summed E-state index contributed by atoms with van der Waals surface area (Å²) in [5.74, 6) is 9.92. The van der Waals surface area contributed by atoms with Crippen LogP contribution in [0.25, 0.3) is 0 Å². The average Bonchev–Trinajstić information content (AvgIpc) is 2.12. The van der Waals surface area contributed by atoms with E-state index in [1.54, 1.807) is 0 Å². The zero-order chi connectivity index (χ0) is 9.56. The van der Waals surface area contributed by atoms with Gasteiger partial charge in [-0.2, -0.15) is 0 Å². The van der Waals surface area contributed by atoms with Crippen molar-refractivity contribution in [1.82, 2.24) is 10.9 Å². The fraction of sp³-hybridized carbons (Fsp3) is 0.571. The van der Waals surface area contributed by atoms with Crippen LogP contribution in [-0.4, -0.2) is 5.91 Å². The number of rotatable bonds is 5. The third kappa shape index (κ3) is 3.36. The average molecular weight is 172 g/mol. The molecule has 5 heteroatoms. The van der Waals surface area contributed by atoms with E-state index >= 15 is 0 Å². The fourth-order valence-electron chi connectivity index (χ4n) is 0.915. The first kappa shape index (κ1) is 10.9. The molecule has 0 heterocycles. The number of hydrazine groups is 2. The van der Waals surface area contributed by atoms with Crippen molar-refractivity contribution in [1.29, 1.82) is 0 Å². The van der Waals surface area contributed by atoms with Gasteiger partial charge >= 0.3 is 0 Å². The van der Waals surface area contributed by atoms with Gasteiger partial charge in [0.2, 0.25) is 5.91 Å². The zero-order valence-electron chi connectivity index (χ0n) is 7.26. The second-order valence-electron chi connectivity index (χ2n) is 2.55. The molecule has 0 radical (unpaired) electrons. The topological polar surface area (TPSA) is 93.2 Å². The summed E-state index contributed by atoms with van der Waals surface area (Å²) < 4.78 is 0. The van der Waals surface area contributed by atoms with Crippen LogP contribution in [0.1, 0.15) is 19.8 Å². The molecule has 0 aliphatic heterocycles. The quantitative estimate of drug-likeness (QED) is 0.252. The lowest BCUT2D eigenvalue weighted by Gasteiger charge is -2.15. The van der Waals surface area contributed by atoms with E-state index in [1.165, 1.54) is 0 Å². The van der Waals surface area contributed by atoms with E-state index < -0.39 is 0 Å². The number of carbonyl (C=O) groups excluding carboxylic acids is 1. The number of hydrogen-bond acceptors (Lipinski definition) is 4. The summed E-state index contributed by atoms with van der Waals surface area (Å²) >= 11 is 0. The summed E-state index contributed by atoms with van der Waals surface area (Å²) in [6.45, 7) is 5.63. The van der Waals surface area contributed by atoms with Crippen LogP contribution < -0.4 is 22.5 Å². The van der Waals surface area contributed by atoms with E-state index in [2.05, 4.69) is 17.4 Å². The van der Waals surface area contributed by atoms with Crippen molar-refractivity contribution in [3.8, 4) is 0 Å². The fourth-order valence-corrected chi connectivity index (χ4v) is 0.915. The summed E-state index contributed by atoms with van der Waals surface area (Å²) in [5.41, 5.74) is 5.14. The van der Waals surface area contributed by atoms with Crippen molar-refractivity contribution in [2.75, 3.05) is 0 Å². The molecule has 70 valence electrons. The van der Waals surface area contributed by atoms with Gasteiger partial charge in [0.05, 0.1) is 0 Å². The summed E-state index contributed by atoms with van der Waals surface area (Å²) in [5, 5.41) is 0. The number of hydrogen-bond donors (Lipinski definition) is 4. The predicted molar refractivity (Wildman–Crippen MR) is 47.2 cm³/mol. The molecule has 0 aromatic heterocycles. The Labute approximate surface area is 72.1 Å². The van der Waals surface area contributed by atoms with Gasteiger partial charge in [-0.1, -0.05) is 13.5 Å². The molecule has 0 aliphatic carbocycles. The Kier molecular flexibility index (Phi) is 5.07. The maximum absolute atomic E-state index is 10.9. The summed E-state index contributed by atoms with van der Waals surface area (Å²) in [6.07, 6.45) is 1.12. The second-order valence-corrected chi connectivity index (χ2v) is 2.55. The third-order valence-corrected chi connectivity index (χ3v) is 1.76. The molecule has 1 unspecified atom stereocenters. The molecule has 0 aromatic carbocycles. The smallest absolute Gasteiger partial charge is 0.234 e. The molecule has 1 atom stereocenters. The number of nitrogens with one attached hydrogen (secondary N) is 2. The predicted octanol–water partition coefficient (Wildman–Crippen LogP) is -0.630. The Balaban J connectivity index is 3.99. The van der Waals surface area contributed by atoms with Crippen LogP contribution >= 0.6 is 0 Å². The van der Waals surface area contributed by atoms with Gasteiger partial charge in [0.25, 0.3) is 0 Å². The van der Waals surface area contributed by atoms with Crippen molar-refractivity contribution >= 4 is 5.91 Å². The Hall–Kier alpha value is -1.07. The minimum atomic E-state index is -0.210. The van der Waals surface area contributed by atoms with E-state index in [0.29, 0.717) is 12.1 Å². The lowest BCUT2D eigenvalue weighted by molar-refractivity contribution is -0.121. The summed E-state index contributed by atoms with van der Waals surface area (Å²) in [4.78, 5) is 10.9. The van der Waals surface area contributed by atoms with Gasteiger partial charge < -0.3 is 5.43 Å². The minimum Gasteiger partial charge on any atom is -0.329 e. The monoisotopic (exact) mass is 172 g/mol. The maximum atomic E-state index is 10.9. The van der Waals surface area contributed by atoms with Crippen LogP contribution in [-0.2, 0) is 4.79 Å². The van der Waals surface area contributed by atoms with Gasteiger partial charge in [0, 0.05) is 18.0 Å². The SMILES string of the molecule is C=C(NN)C(CC)CC(=O)NN. The Morgan fingerprint density at radius 1 is 1.50 bits per heavy atom. The number of amides is 1. The van der Waals surface area contributed by atoms with Crippen molar-refractivity contribution in [2.24, 2.45) is 17.6 Å². The van der Waals surface area contributed by atoms with Gasteiger partial charge in [0.1, 0.15) is 0 Å². The molecular formula is C7H16N4O. The van der Waals surface area contributed by atoms with Crippen LogP contribution in [0.4, 0.5) is 0 Å². The van der Waals surface area contributed by atoms with Gasteiger partial charge in [0.15, 0.2) is 0 Å². The van der Waals surface area contributed by atoms with Crippen LogP contribution in [0.2, 0.25) is 0 Å². The molecule has 1 amide bonds. The maximum Gasteiger partial charge on any atom is 0.234 e. The molecule has 6 N–H and O–H groups in total. The number of carbonyl (C=O) groups is 1. The van der Waals surface area contributed by atoms with Crippen molar-refractivity contribution in [3.05, 3.63) is 12.3 Å². The molecule has 0 aliphatic rings. The van der Waals surface area contributed by atoms with Crippen molar-refractivity contribution < 1.29 is 4.79 Å². The highest BCUT2D eigenvalue weighted by molar-refractivity contribution is 5.75. The van der Waals surface area contributed by atoms with Crippen molar-refractivity contribution in [3.63, 3.8) is 0 Å². The van der Waals surface area contributed by atoms with E-state index in [0.717, 1.165) is 6.42 Å². The van der Waals surface area contributed by atoms with Gasteiger partial charge in [-0.25, -0.2) is 5.84 Å². The lowest BCUT2D eigenvalue weighted by atomic mass is 9.99. The highest BCUT2D eigenvalue weighted by Crippen LogP contribution is 2.13. The van der Waals surface area contributed by atoms with E-state index in [9.17, 15) is 4.79 Å². The molecule has 0 bridgehead atoms. The van der Waals surface area contributed by atoms with Crippen LogP contribution in [0.5, 0.6) is 0 Å². The first-order valence-electron chi connectivity index (χ1n) is 3.80. The Bertz CT molecular complexity index is 169. The second kappa shape index (κ2) is 5.56. The van der Waals surface area contributed by atoms with Crippen molar-refractivity contribution in [2.45, 2.75) is 19.8 Å². The first-order chi connectivity index (χ1) is 5.65. The highest BCUT2D eigenvalue weighted by Gasteiger charge is 2.13. The molecule has 5 nitrogen and oxygen atoms in total. The zero-order valence-corrected chi connectivity index (χ0v) is 7.26. The first-order valence-corrected chi connectivity index (χ1v) is 3.80. The van der Waals surface area contributed by atoms with E-state index in [4.69, 9.17) is 11.7 Å². The van der Waals surface area contributed by atoms with Gasteiger partial charge in [-0.15, -0.1) is 0 Å². The highest BCUT2D eigenvalue weighted by atomic mass is 16.2. The molecule has 0 saturated heterocycles. The number of allylic oxidation sites excluding steroid dienone is 1. The van der Waals surface area contributed by atoms with E-state index in [-0.39, 0.29) is 11.8 Å². The van der Waals surface area contributed by atoms with Gasteiger partial charge in [-0.3, -0.25) is 16.1 Å². The normalized spacial score (nSPS) is 11.9. The summed E-state index contributed by atoms with van der Waals surface area (Å²) in [7, 11) is 0. The molecule has 0 aromatic rings. The Morgan fingerprint density at radius 3 is 2.42 bits per heavy atom. The van der Waals surface area contributed by atoms with Crippen LogP contribution in [0.15, 0.2) is 12.3 Å². The summed E-state index contributed by atoms with van der Waals surface area (Å²) in [6, 6.07) is 0. The van der Waals surface area contributed by atoms with E-state index in [1.807, 2.05) is 6.92 Å². The van der Waals surface area contributed by atoms with Crippen LogP contribution in [0.3, 0.4) is 0 Å². The third-order valence-electron chi connectivity index (χ3n) is 1.76. The standard InChI is InChI=1S/C7H16N4O/c1-3-6(5(2)10-8)4-7(12)11-9/h6,10H,2-4,8-9H2,1H3,(H,11,12). The van der Waals surface area contributed by atoms with Crippen LogP contribution in [0, 0.1) is 5.92 Å². The lowest BCUT2D eigenvalue weighted by Crippen LogP contribution is -2.34. The Morgan fingerprint density at radius 2 is 2.08 bits per heavy atom. The minimum absolute atomic E-state index is 0.0403. The van der Waals surface area contributed by atoms with Gasteiger partial charge in [-0.05, 0) is 6.42 Å². The molecule has 0 fully saturated rings. The molecule has 0 rings (SSSR count). The molecular weight excluding hydrogens is 156 g/mol. The largest absolute Gasteiger partial charge is 0.329 e. The number of nitrogens with two attached hydrogens (primary N) is 2. The molecule has 0 spiro atoms. The molecule has 0 saturated carbocycles.